The minimum atomic E-state index is -0.874. The van der Waals surface area contributed by atoms with Crippen molar-refractivity contribution in [3.05, 3.63) is 59.7 Å². The van der Waals surface area contributed by atoms with Crippen LogP contribution in [0.1, 0.15) is 57.4 Å². The average Bonchev–Trinajstić information content (AvgIpc) is 3.25. The lowest BCUT2D eigenvalue weighted by Gasteiger charge is -2.23. The molecular weight excluding hydrogens is 386 g/mol. The SMILES string of the molecule is CN(C)C(=O)CCCCC1=C[C@H]2C[C@@H](O)[C@H](/C=C/[C@@](C)(O)CCc3ccccc3)[C@H]2C1. The Morgan fingerprint density at radius 2 is 1.94 bits per heavy atom. The molecule has 0 spiro atoms. The second-order valence-electron chi connectivity index (χ2n) is 9.93. The van der Waals surface area contributed by atoms with Gasteiger partial charge in [-0.3, -0.25) is 4.79 Å². The summed E-state index contributed by atoms with van der Waals surface area (Å²) in [5.74, 6) is 1.19. The number of carbonyl (C=O) groups excluding carboxylic acids is 1. The Bertz CT molecular complexity index is 781. The Morgan fingerprint density at radius 3 is 2.65 bits per heavy atom. The van der Waals surface area contributed by atoms with E-state index in [0.717, 1.165) is 38.5 Å². The van der Waals surface area contributed by atoms with Gasteiger partial charge in [-0.1, -0.05) is 54.1 Å². The fraction of sp³-hybridized carbons (Fsp3) is 0.593. The zero-order valence-corrected chi connectivity index (χ0v) is 19.3. The first-order valence-electron chi connectivity index (χ1n) is 11.8. The van der Waals surface area contributed by atoms with Gasteiger partial charge in [-0.2, -0.15) is 0 Å². The van der Waals surface area contributed by atoms with Gasteiger partial charge < -0.3 is 15.1 Å². The van der Waals surface area contributed by atoms with Crippen LogP contribution >= 0.6 is 0 Å². The molecule has 0 bridgehead atoms. The second kappa shape index (κ2) is 10.6. The number of amides is 1. The standard InChI is InChI=1S/C27H39NO3/c1-27(31,15-13-20-9-5-4-6-10-20)16-14-23-24-18-21(17-22(24)19-25(23)29)11-7-8-12-26(30)28(2)3/h4-6,9-10,14,16-17,22-25,29,31H,7-8,11-13,15,18-19H2,1-3H3/b16-14+/t22-,23+,24-,25+,27-/m0/s1. The van der Waals surface area contributed by atoms with Crippen molar-refractivity contribution >= 4 is 5.91 Å². The van der Waals surface area contributed by atoms with Crippen molar-refractivity contribution in [2.24, 2.45) is 17.8 Å². The van der Waals surface area contributed by atoms with Gasteiger partial charge in [-0.15, -0.1) is 0 Å². The van der Waals surface area contributed by atoms with Gasteiger partial charge in [0.15, 0.2) is 0 Å². The molecular formula is C27H39NO3. The summed E-state index contributed by atoms with van der Waals surface area (Å²) in [6.07, 6.45) is 13.0. The lowest BCUT2D eigenvalue weighted by Crippen LogP contribution is -2.24. The van der Waals surface area contributed by atoms with Crippen LogP contribution in [0, 0.1) is 17.8 Å². The summed E-state index contributed by atoms with van der Waals surface area (Å²) in [4.78, 5) is 13.4. The van der Waals surface area contributed by atoms with E-state index in [1.807, 2.05) is 31.2 Å². The molecule has 2 N–H and O–H groups in total. The first-order chi connectivity index (χ1) is 14.7. The van der Waals surface area contributed by atoms with Crippen LogP contribution in [0.2, 0.25) is 0 Å². The largest absolute Gasteiger partial charge is 0.392 e. The van der Waals surface area contributed by atoms with Crippen LogP contribution in [0.3, 0.4) is 0 Å². The molecule has 2 aliphatic carbocycles. The third-order valence-corrected chi connectivity index (χ3v) is 7.03. The number of carbonyl (C=O) groups is 1. The molecule has 1 fully saturated rings. The van der Waals surface area contributed by atoms with Crippen LogP contribution in [0.25, 0.3) is 0 Å². The van der Waals surface area contributed by atoms with E-state index < -0.39 is 5.60 Å². The van der Waals surface area contributed by atoms with E-state index in [9.17, 15) is 15.0 Å². The number of nitrogens with zero attached hydrogens (tertiary/aromatic N) is 1. The molecule has 1 aromatic rings. The van der Waals surface area contributed by atoms with E-state index in [0.29, 0.717) is 24.7 Å². The van der Waals surface area contributed by atoms with Crippen LogP contribution in [-0.2, 0) is 11.2 Å². The van der Waals surface area contributed by atoms with Gasteiger partial charge >= 0.3 is 0 Å². The number of unbranched alkanes of at least 4 members (excludes halogenated alkanes) is 1. The normalized spacial score (nSPS) is 27.2. The highest BCUT2D eigenvalue weighted by molar-refractivity contribution is 5.75. The maximum Gasteiger partial charge on any atom is 0.222 e. The number of aryl methyl sites for hydroxylation is 1. The molecule has 1 aromatic carbocycles. The monoisotopic (exact) mass is 425 g/mol. The Hall–Kier alpha value is -1.91. The summed E-state index contributed by atoms with van der Waals surface area (Å²) in [5, 5.41) is 21.4. The molecule has 0 aliphatic heterocycles. The van der Waals surface area contributed by atoms with Crippen molar-refractivity contribution in [3.8, 4) is 0 Å². The molecule has 1 amide bonds. The molecule has 1 saturated carbocycles. The Labute approximate surface area is 187 Å². The smallest absolute Gasteiger partial charge is 0.222 e. The third-order valence-electron chi connectivity index (χ3n) is 7.03. The van der Waals surface area contributed by atoms with Gasteiger partial charge in [-0.05, 0) is 69.3 Å². The quantitative estimate of drug-likeness (QED) is 0.428. The van der Waals surface area contributed by atoms with Crippen molar-refractivity contribution < 1.29 is 15.0 Å². The molecule has 31 heavy (non-hydrogen) atoms. The molecule has 3 rings (SSSR count). The van der Waals surface area contributed by atoms with Gasteiger partial charge in [0.05, 0.1) is 11.7 Å². The zero-order valence-electron chi connectivity index (χ0n) is 19.3. The first kappa shape index (κ1) is 23.7. The topological polar surface area (TPSA) is 60.8 Å². The highest BCUT2D eigenvalue weighted by Crippen LogP contribution is 2.48. The Balaban J connectivity index is 1.48. The van der Waals surface area contributed by atoms with Gasteiger partial charge in [-0.25, -0.2) is 0 Å². The zero-order chi connectivity index (χ0) is 22.4. The van der Waals surface area contributed by atoms with Gasteiger partial charge in [0.1, 0.15) is 0 Å². The van der Waals surface area contributed by atoms with Crippen LogP contribution in [0.4, 0.5) is 0 Å². The molecule has 0 radical (unpaired) electrons. The summed E-state index contributed by atoms with van der Waals surface area (Å²) in [7, 11) is 3.61. The van der Waals surface area contributed by atoms with E-state index in [4.69, 9.17) is 0 Å². The number of aliphatic hydroxyl groups is 2. The summed E-state index contributed by atoms with van der Waals surface area (Å²) < 4.78 is 0. The van der Waals surface area contributed by atoms with E-state index in [2.05, 4.69) is 24.3 Å². The third kappa shape index (κ3) is 6.78. The Morgan fingerprint density at radius 1 is 1.19 bits per heavy atom. The highest BCUT2D eigenvalue weighted by atomic mass is 16.3. The van der Waals surface area contributed by atoms with Crippen molar-refractivity contribution in [2.45, 2.75) is 70.0 Å². The van der Waals surface area contributed by atoms with Gasteiger partial charge in [0.25, 0.3) is 0 Å². The van der Waals surface area contributed by atoms with Crippen molar-refractivity contribution in [2.75, 3.05) is 14.1 Å². The molecule has 2 aliphatic rings. The maximum absolute atomic E-state index is 11.7. The molecule has 0 heterocycles. The second-order valence-corrected chi connectivity index (χ2v) is 9.93. The van der Waals surface area contributed by atoms with Crippen molar-refractivity contribution in [3.63, 3.8) is 0 Å². The molecule has 0 unspecified atom stereocenters. The fourth-order valence-electron chi connectivity index (χ4n) is 5.09. The minimum absolute atomic E-state index is 0.109. The number of aliphatic hydroxyl groups excluding tert-OH is 1. The molecule has 4 heteroatoms. The minimum Gasteiger partial charge on any atom is -0.392 e. The van der Waals surface area contributed by atoms with Crippen LogP contribution in [0.5, 0.6) is 0 Å². The van der Waals surface area contributed by atoms with Gasteiger partial charge in [0.2, 0.25) is 5.91 Å². The van der Waals surface area contributed by atoms with E-state index in [1.165, 1.54) is 11.1 Å². The van der Waals surface area contributed by atoms with Crippen LogP contribution < -0.4 is 0 Å². The summed E-state index contributed by atoms with van der Waals surface area (Å²) in [6, 6.07) is 10.2. The summed E-state index contributed by atoms with van der Waals surface area (Å²) in [5.41, 5.74) is 1.84. The molecule has 5 atom stereocenters. The number of allylic oxidation sites excluding steroid dienone is 2. The summed E-state index contributed by atoms with van der Waals surface area (Å²) >= 11 is 0. The predicted molar refractivity (Wildman–Crippen MR) is 125 cm³/mol. The van der Waals surface area contributed by atoms with E-state index >= 15 is 0 Å². The lowest BCUT2D eigenvalue weighted by molar-refractivity contribution is -0.128. The van der Waals surface area contributed by atoms with E-state index in [-0.39, 0.29) is 17.9 Å². The lowest BCUT2D eigenvalue weighted by atomic mass is 9.87. The van der Waals surface area contributed by atoms with Crippen LogP contribution in [0.15, 0.2) is 54.1 Å². The molecule has 4 nitrogen and oxygen atoms in total. The molecule has 170 valence electrons. The molecule has 0 aromatic heterocycles. The predicted octanol–water partition coefficient (Wildman–Crippen LogP) is 4.52. The fourth-order valence-corrected chi connectivity index (χ4v) is 5.09. The van der Waals surface area contributed by atoms with Crippen molar-refractivity contribution in [1.82, 2.24) is 4.90 Å². The Kier molecular flexibility index (Phi) is 8.12. The molecule has 0 saturated heterocycles. The number of hydrogen-bond acceptors (Lipinski definition) is 3. The van der Waals surface area contributed by atoms with E-state index in [1.54, 1.807) is 19.0 Å². The van der Waals surface area contributed by atoms with Crippen LogP contribution in [-0.4, -0.2) is 46.8 Å². The number of fused-ring (bicyclic) bond motifs is 1. The first-order valence-corrected chi connectivity index (χ1v) is 11.8. The average molecular weight is 426 g/mol. The van der Waals surface area contributed by atoms with Crippen molar-refractivity contribution in [1.29, 1.82) is 0 Å². The highest BCUT2D eigenvalue weighted by Gasteiger charge is 2.43. The number of hydrogen-bond donors (Lipinski definition) is 2. The number of rotatable bonds is 10. The maximum atomic E-state index is 11.7. The summed E-state index contributed by atoms with van der Waals surface area (Å²) in [6.45, 7) is 1.86. The van der Waals surface area contributed by atoms with Gasteiger partial charge in [0, 0.05) is 26.4 Å². The number of benzene rings is 1.